The third-order valence-corrected chi connectivity index (χ3v) is 5.86. The molecule has 0 radical (unpaired) electrons. The molecule has 0 bridgehead atoms. The third-order valence-electron chi connectivity index (χ3n) is 5.86. The lowest BCUT2D eigenvalue weighted by atomic mass is 10.0. The van der Waals surface area contributed by atoms with E-state index in [0.29, 0.717) is 24.9 Å². The summed E-state index contributed by atoms with van der Waals surface area (Å²) >= 11 is 0. The van der Waals surface area contributed by atoms with Crippen molar-refractivity contribution >= 4 is 35.6 Å². The maximum Gasteiger partial charge on any atom is 0.326 e. The van der Waals surface area contributed by atoms with Gasteiger partial charge in [0, 0.05) is 19.3 Å². The molecule has 0 spiro atoms. The SMILES string of the molecule is NCCCCC(NC(=O)C(N)CCC(=O)O)C(=O)NC(Cc1ccc(O)cc1)C(=O)NC(CCC(=O)O)C(=O)O. The quantitative estimate of drug-likeness (QED) is 0.0879. The van der Waals surface area contributed by atoms with Crippen molar-refractivity contribution in [2.75, 3.05) is 6.54 Å². The number of aromatic hydroxyl groups is 1. The fraction of sp³-hybridized carbons (Fsp3) is 0.520. The molecule has 222 valence electrons. The van der Waals surface area contributed by atoms with Crippen LogP contribution in [0.15, 0.2) is 24.3 Å². The summed E-state index contributed by atoms with van der Waals surface area (Å²) in [6.07, 6.45) is -0.533. The van der Waals surface area contributed by atoms with E-state index < -0.39 is 72.6 Å². The van der Waals surface area contributed by atoms with E-state index in [1.807, 2.05) is 0 Å². The lowest BCUT2D eigenvalue weighted by Gasteiger charge is -2.25. The van der Waals surface area contributed by atoms with Gasteiger partial charge in [-0.1, -0.05) is 12.1 Å². The number of unbranched alkanes of at least 4 members (excludes halogenated alkanes) is 1. The number of hydrogen-bond donors (Lipinski definition) is 9. The Labute approximate surface area is 230 Å². The second-order valence-corrected chi connectivity index (χ2v) is 9.15. The van der Waals surface area contributed by atoms with Crippen LogP contribution < -0.4 is 27.4 Å². The first kappa shape index (κ1) is 33.8. The molecule has 15 nitrogen and oxygen atoms in total. The molecule has 0 fully saturated rings. The Bertz CT molecular complexity index is 1030. The van der Waals surface area contributed by atoms with Gasteiger partial charge in [0.05, 0.1) is 6.04 Å². The highest BCUT2D eigenvalue weighted by Crippen LogP contribution is 2.13. The number of amides is 3. The Hall–Kier alpha value is -4.24. The van der Waals surface area contributed by atoms with E-state index in [0.717, 1.165) is 0 Å². The van der Waals surface area contributed by atoms with E-state index in [1.54, 1.807) is 0 Å². The van der Waals surface area contributed by atoms with Gasteiger partial charge < -0.3 is 47.8 Å². The first-order chi connectivity index (χ1) is 18.8. The van der Waals surface area contributed by atoms with E-state index >= 15 is 0 Å². The van der Waals surface area contributed by atoms with E-state index in [2.05, 4.69) is 16.0 Å². The van der Waals surface area contributed by atoms with Crippen molar-refractivity contribution in [2.45, 2.75) is 75.5 Å². The molecule has 1 rings (SSSR count). The number of carboxylic acids is 3. The van der Waals surface area contributed by atoms with Gasteiger partial charge in [0.15, 0.2) is 0 Å². The van der Waals surface area contributed by atoms with Crippen LogP contribution in [0, 0.1) is 0 Å². The van der Waals surface area contributed by atoms with Gasteiger partial charge in [0.2, 0.25) is 17.7 Å². The average molecular weight is 568 g/mol. The molecule has 40 heavy (non-hydrogen) atoms. The van der Waals surface area contributed by atoms with Gasteiger partial charge in [0.1, 0.15) is 23.9 Å². The lowest BCUT2D eigenvalue weighted by Crippen LogP contribution is -2.57. The minimum Gasteiger partial charge on any atom is -0.508 e. The number of nitrogens with one attached hydrogen (secondary N) is 3. The molecule has 3 amide bonds. The van der Waals surface area contributed by atoms with E-state index in [4.69, 9.17) is 21.7 Å². The van der Waals surface area contributed by atoms with Gasteiger partial charge in [-0.05, 0) is 56.3 Å². The lowest BCUT2D eigenvalue weighted by molar-refractivity contribution is -0.143. The standard InChI is InChI=1S/C25H37N5O10/c26-12-2-1-3-17(28-22(36)16(27)8-10-20(32)33)23(37)30-19(13-14-4-6-15(31)7-5-14)24(38)29-18(25(39)40)9-11-21(34)35/h4-7,16-19,31H,1-3,8-13,26-27H2,(H,28,36)(H,29,38)(H,30,37)(H,32,33)(H,34,35)(H,39,40). The maximum atomic E-state index is 13.2. The fourth-order valence-electron chi connectivity index (χ4n) is 3.60. The van der Waals surface area contributed by atoms with Gasteiger partial charge in [-0.2, -0.15) is 0 Å². The van der Waals surface area contributed by atoms with Gasteiger partial charge in [-0.15, -0.1) is 0 Å². The first-order valence-electron chi connectivity index (χ1n) is 12.6. The molecule has 0 aliphatic heterocycles. The van der Waals surface area contributed by atoms with Crippen LogP contribution in [-0.2, 0) is 35.2 Å². The van der Waals surface area contributed by atoms with Crippen LogP contribution >= 0.6 is 0 Å². The minimum atomic E-state index is -1.55. The van der Waals surface area contributed by atoms with Gasteiger partial charge in [0.25, 0.3) is 0 Å². The van der Waals surface area contributed by atoms with Crippen molar-refractivity contribution in [3.63, 3.8) is 0 Å². The number of carbonyl (C=O) groups is 6. The first-order valence-corrected chi connectivity index (χ1v) is 12.6. The highest BCUT2D eigenvalue weighted by Gasteiger charge is 2.30. The van der Waals surface area contributed by atoms with Crippen molar-refractivity contribution < 1.29 is 49.2 Å². The number of benzene rings is 1. The predicted octanol–water partition coefficient (Wildman–Crippen LogP) is -1.34. The van der Waals surface area contributed by atoms with Crippen molar-refractivity contribution in [2.24, 2.45) is 11.5 Å². The van der Waals surface area contributed by atoms with Crippen LogP contribution in [-0.4, -0.2) is 86.8 Å². The normalized spacial score (nSPS) is 13.8. The second-order valence-electron chi connectivity index (χ2n) is 9.15. The Kier molecular flexibility index (Phi) is 14.7. The molecule has 0 saturated heterocycles. The zero-order chi connectivity index (χ0) is 30.2. The van der Waals surface area contributed by atoms with E-state index in [1.165, 1.54) is 24.3 Å². The molecule has 15 heteroatoms. The number of nitrogens with two attached hydrogens (primary N) is 2. The average Bonchev–Trinajstić information content (AvgIpc) is 2.89. The van der Waals surface area contributed by atoms with Gasteiger partial charge in [-0.25, -0.2) is 4.79 Å². The molecule has 0 aliphatic carbocycles. The second kappa shape index (κ2) is 17.4. The highest BCUT2D eigenvalue weighted by molar-refractivity contribution is 5.94. The van der Waals surface area contributed by atoms with Crippen LogP contribution in [0.1, 0.15) is 50.5 Å². The minimum absolute atomic E-state index is 0.0460. The van der Waals surface area contributed by atoms with Gasteiger partial charge >= 0.3 is 17.9 Å². The molecule has 1 aromatic rings. The van der Waals surface area contributed by atoms with Crippen molar-refractivity contribution in [1.29, 1.82) is 0 Å². The molecule has 0 saturated carbocycles. The summed E-state index contributed by atoms with van der Waals surface area (Å²) in [5, 5.41) is 43.9. The molecule has 11 N–H and O–H groups in total. The van der Waals surface area contributed by atoms with Gasteiger partial charge in [-0.3, -0.25) is 24.0 Å². The van der Waals surface area contributed by atoms with Crippen molar-refractivity contribution in [3.05, 3.63) is 29.8 Å². The monoisotopic (exact) mass is 567 g/mol. The summed E-state index contributed by atoms with van der Waals surface area (Å²) in [5.74, 6) is -6.38. The number of phenolic OH excluding ortho intramolecular Hbond substituents is 1. The molecule has 0 heterocycles. The summed E-state index contributed by atoms with van der Waals surface area (Å²) in [5.41, 5.74) is 11.8. The summed E-state index contributed by atoms with van der Waals surface area (Å²) in [4.78, 5) is 72.2. The molecule has 1 aromatic carbocycles. The van der Waals surface area contributed by atoms with Crippen LogP contribution in [0.5, 0.6) is 5.75 Å². The zero-order valence-electron chi connectivity index (χ0n) is 21.9. The third kappa shape index (κ3) is 13.0. The molecule has 0 aromatic heterocycles. The Morgan fingerprint density at radius 1 is 0.700 bits per heavy atom. The van der Waals surface area contributed by atoms with Crippen molar-refractivity contribution in [3.8, 4) is 5.75 Å². The zero-order valence-corrected chi connectivity index (χ0v) is 21.9. The maximum absolute atomic E-state index is 13.2. The summed E-state index contributed by atoms with van der Waals surface area (Å²) in [7, 11) is 0. The molecule has 4 unspecified atom stereocenters. The van der Waals surface area contributed by atoms with Crippen LogP contribution in [0.25, 0.3) is 0 Å². The summed E-state index contributed by atoms with van der Waals surface area (Å²) in [6, 6.07) is 0.412. The van der Waals surface area contributed by atoms with Crippen LogP contribution in [0.4, 0.5) is 0 Å². The topological polar surface area (TPSA) is 271 Å². The molecular formula is C25H37N5O10. The largest absolute Gasteiger partial charge is 0.508 e. The van der Waals surface area contributed by atoms with Crippen LogP contribution in [0.2, 0.25) is 0 Å². The van der Waals surface area contributed by atoms with E-state index in [9.17, 15) is 39.0 Å². The predicted molar refractivity (Wildman–Crippen MR) is 140 cm³/mol. The number of phenols is 1. The molecular weight excluding hydrogens is 530 g/mol. The number of hydrogen-bond acceptors (Lipinski definition) is 9. The van der Waals surface area contributed by atoms with Crippen LogP contribution in [0.3, 0.4) is 0 Å². The number of aliphatic carboxylic acids is 3. The molecule has 0 aliphatic rings. The Balaban J connectivity index is 3.14. The van der Waals surface area contributed by atoms with E-state index in [-0.39, 0.29) is 31.4 Å². The summed E-state index contributed by atoms with van der Waals surface area (Å²) in [6.45, 7) is 0.319. The number of carbonyl (C=O) groups excluding carboxylic acids is 3. The summed E-state index contributed by atoms with van der Waals surface area (Å²) < 4.78 is 0. The smallest absolute Gasteiger partial charge is 0.326 e. The fourth-order valence-corrected chi connectivity index (χ4v) is 3.60. The number of carboxylic acid groups (broad SMARTS) is 3. The number of rotatable bonds is 19. The Morgan fingerprint density at radius 2 is 1.23 bits per heavy atom. The molecule has 4 atom stereocenters. The highest BCUT2D eigenvalue weighted by atomic mass is 16.4. The Morgan fingerprint density at radius 3 is 1.77 bits per heavy atom. The van der Waals surface area contributed by atoms with Crippen molar-refractivity contribution in [1.82, 2.24) is 16.0 Å².